The highest BCUT2D eigenvalue weighted by Crippen LogP contribution is 2.29. The third-order valence-corrected chi connectivity index (χ3v) is 5.97. The summed E-state index contributed by atoms with van der Waals surface area (Å²) in [5, 5.41) is 6.74. The maximum Gasteiger partial charge on any atom is 0.262 e. The molecule has 1 aliphatic carbocycles. The van der Waals surface area contributed by atoms with Gasteiger partial charge in [-0.1, -0.05) is 13.3 Å². The van der Waals surface area contributed by atoms with Gasteiger partial charge in [0, 0.05) is 24.3 Å². The number of sulfonamides is 1. The summed E-state index contributed by atoms with van der Waals surface area (Å²) in [6.07, 6.45) is 3.44. The first-order chi connectivity index (χ1) is 9.00. The van der Waals surface area contributed by atoms with Crippen molar-refractivity contribution in [3.05, 3.63) is 11.3 Å². The lowest BCUT2D eigenvalue weighted by Gasteiger charge is -2.30. The molecule has 5 nitrogen and oxygen atoms in total. The second-order valence-corrected chi connectivity index (χ2v) is 7.14. The number of aromatic nitrogens is 2. The molecule has 7 heteroatoms. The quantitative estimate of drug-likeness (QED) is 0.820. The van der Waals surface area contributed by atoms with E-state index in [-0.39, 0.29) is 10.9 Å². The number of halogens is 1. The van der Waals surface area contributed by atoms with Crippen molar-refractivity contribution in [3.8, 4) is 0 Å². The first-order valence-electron chi connectivity index (χ1n) is 6.60. The molecule has 0 radical (unpaired) electrons. The van der Waals surface area contributed by atoms with E-state index in [0.29, 0.717) is 30.3 Å². The van der Waals surface area contributed by atoms with Gasteiger partial charge in [0.15, 0.2) is 5.03 Å². The largest absolute Gasteiger partial charge is 0.281 e. The Hall–Kier alpha value is -0.590. The van der Waals surface area contributed by atoms with Crippen molar-refractivity contribution in [2.24, 2.45) is 5.92 Å². The van der Waals surface area contributed by atoms with Gasteiger partial charge in [-0.15, -0.1) is 11.6 Å². The molecule has 19 heavy (non-hydrogen) atoms. The van der Waals surface area contributed by atoms with Crippen molar-refractivity contribution in [1.29, 1.82) is 0 Å². The molecule has 1 saturated carbocycles. The lowest BCUT2D eigenvalue weighted by molar-refractivity contribution is 0.249. The van der Waals surface area contributed by atoms with Gasteiger partial charge in [0.2, 0.25) is 0 Å². The number of hydrogen-bond acceptors (Lipinski definition) is 3. The van der Waals surface area contributed by atoms with Crippen LogP contribution in [0.3, 0.4) is 0 Å². The van der Waals surface area contributed by atoms with Crippen molar-refractivity contribution < 1.29 is 8.42 Å². The molecule has 0 saturated heterocycles. The molecule has 2 rings (SSSR count). The Kier molecular flexibility index (Phi) is 4.53. The Labute approximate surface area is 119 Å². The summed E-state index contributed by atoms with van der Waals surface area (Å²) in [5.41, 5.74) is 1.29. The van der Waals surface area contributed by atoms with Crippen LogP contribution in [0.25, 0.3) is 0 Å². The summed E-state index contributed by atoms with van der Waals surface area (Å²) >= 11 is 5.83. The Bertz CT molecular complexity index is 537. The third-order valence-electron chi connectivity index (χ3n) is 3.79. The highest BCUT2D eigenvalue weighted by Gasteiger charge is 2.32. The zero-order valence-electron chi connectivity index (χ0n) is 11.3. The number of nitrogens with zero attached hydrogens (tertiary/aromatic N) is 2. The minimum Gasteiger partial charge on any atom is -0.281 e. The number of alkyl halides is 1. The van der Waals surface area contributed by atoms with Crippen LogP contribution < -0.4 is 0 Å². The van der Waals surface area contributed by atoms with E-state index >= 15 is 0 Å². The van der Waals surface area contributed by atoms with Crippen molar-refractivity contribution in [3.63, 3.8) is 0 Å². The Morgan fingerprint density at radius 2 is 2.16 bits per heavy atom. The summed E-state index contributed by atoms with van der Waals surface area (Å²) < 4.78 is 26.7. The fourth-order valence-electron chi connectivity index (χ4n) is 2.28. The van der Waals surface area contributed by atoms with Crippen LogP contribution in [-0.4, -0.2) is 36.0 Å². The molecule has 0 bridgehead atoms. The molecular formula is C12H20ClN3O2S. The van der Waals surface area contributed by atoms with Gasteiger partial charge in [0.05, 0.1) is 5.88 Å². The SMILES string of the molecule is CCN(CC1CCC1)S(=O)(=O)c1n[nH]c(C)c1CCl. The standard InChI is InChI=1S/C12H20ClN3O2S/c1-3-16(8-10-5-4-6-10)19(17,18)12-11(7-13)9(2)14-15-12/h10H,3-8H2,1-2H3,(H,14,15). The maximum absolute atomic E-state index is 12.6. The monoisotopic (exact) mass is 305 g/mol. The van der Waals surface area contributed by atoms with Crippen LogP contribution in [0.15, 0.2) is 5.03 Å². The average Bonchev–Trinajstić information content (AvgIpc) is 2.69. The van der Waals surface area contributed by atoms with Gasteiger partial charge in [-0.3, -0.25) is 5.10 Å². The summed E-state index contributed by atoms with van der Waals surface area (Å²) in [5.74, 6) is 0.645. The first kappa shape index (κ1) is 14.8. The van der Waals surface area contributed by atoms with Crippen molar-refractivity contribution in [2.75, 3.05) is 13.1 Å². The second kappa shape index (κ2) is 5.81. The van der Waals surface area contributed by atoms with Gasteiger partial charge in [0.1, 0.15) is 0 Å². The third kappa shape index (κ3) is 2.80. The van der Waals surface area contributed by atoms with E-state index < -0.39 is 10.0 Å². The van der Waals surface area contributed by atoms with Crippen molar-refractivity contribution >= 4 is 21.6 Å². The number of hydrogen-bond donors (Lipinski definition) is 1. The Balaban J connectivity index is 2.27. The molecule has 0 aliphatic heterocycles. The zero-order chi connectivity index (χ0) is 14.0. The molecule has 1 heterocycles. The van der Waals surface area contributed by atoms with Crippen molar-refractivity contribution in [1.82, 2.24) is 14.5 Å². The van der Waals surface area contributed by atoms with Crippen molar-refractivity contribution in [2.45, 2.75) is 44.0 Å². The van der Waals surface area contributed by atoms with Gasteiger partial charge < -0.3 is 0 Å². The van der Waals surface area contributed by atoms with Gasteiger partial charge in [-0.2, -0.15) is 9.40 Å². The van der Waals surface area contributed by atoms with Gasteiger partial charge in [-0.25, -0.2) is 8.42 Å². The predicted octanol–water partition coefficient (Wildman–Crippen LogP) is 2.27. The summed E-state index contributed by atoms with van der Waals surface area (Å²) in [6, 6.07) is 0. The zero-order valence-corrected chi connectivity index (χ0v) is 12.9. The van der Waals surface area contributed by atoms with Crippen LogP contribution in [0.4, 0.5) is 0 Å². The van der Waals surface area contributed by atoms with Crippen LogP contribution in [0.1, 0.15) is 37.4 Å². The first-order valence-corrected chi connectivity index (χ1v) is 8.58. The van der Waals surface area contributed by atoms with Gasteiger partial charge in [-0.05, 0) is 25.7 Å². The lowest BCUT2D eigenvalue weighted by atomic mass is 9.85. The van der Waals surface area contributed by atoms with Crippen LogP contribution in [0.2, 0.25) is 0 Å². The maximum atomic E-state index is 12.6. The molecule has 108 valence electrons. The molecule has 1 N–H and O–H groups in total. The number of aromatic amines is 1. The van der Waals surface area contributed by atoms with Crippen LogP contribution in [-0.2, 0) is 15.9 Å². The highest BCUT2D eigenvalue weighted by atomic mass is 35.5. The molecule has 1 aromatic heterocycles. The second-order valence-electron chi connectivity index (χ2n) is 5.02. The van der Waals surface area contributed by atoms with E-state index in [1.807, 2.05) is 6.92 Å². The van der Waals surface area contributed by atoms with E-state index in [1.165, 1.54) is 10.7 Å². The minimum absolute atomic E-state index is 0.0844. The predicted molar refractivity (Wildman–Crippen MR) is 74.7 cm³/mol. The number of H-pyrrole nitrogens is 1. The van der Waals surface area contributed by atoms with Gasteiger partial charge in [0.25, 0.3) is 10.0 Å². The lowest BCUT2D eigenvalue weighted by Crippen LogP contribution is -2.37. The summed E-state index contributed by atoms with van der Waals surface area (Å²) in [7, 11) is -3.54. The summed E-state index contributed by atoms with van der Waals surface area (Å²) in [4.78, 5) is 0. The molecule has 1 aromatic rings. The molecule has 0 aromatic carbocycles. The van der Waals surface area contributed by atoms with Crippen LogP contribution in [0, 0.1) is 12.8 Å². The molecule has 0 spiro atoms. The van der Waals surface area contributed by atoms with E-state index in [1.54, 1.807) is 6.92 Å². The fourth-order valence-corrected chi connectivity index (χ4v) is 4.38. The topological polar surface area (TPSA) is 66.1 Å². The molecular weight excluding hydrogens is 286 g/mol. The number of aryl methyl sites for hydroxylation is 1. The summed E-state index contributed by atoms with van der Waals surface area (Å²) in [6.45, 7) is 4.70. The minimum atomic E-state index is -3.54. The number of rotatable bonds is 6. The van der Waals surface area contributed by atoms with Gasteiger partial charge >= 0.3 is 0 Å². The Morgan fingerprint density at radius 3 is 2.63 bits per heavy atom. The molecule has 1 aliphatic rings. The van der Waals surface area contributed by atoms with Crippen LogP contribution >= 0.6 is 11.6 Å². The Morgan fingerprint density at radius 1 is 1.47 bits per heavy atom. The molecule has 0 unspecified atom stereocenters. The average molecular weight is 306 g/mol. The fraction of sp³-hybridized carbons (Fsp3) is 0.750. The van der Waals surface area contributed by atoms with Crippen LogP contribution in [0.5, 0.6) is 0 Å². The van der Waals surface area contributed by atoms with E-state index in [4.69, 9.17) is 11.6 Å². The molecule has 0 amide bonds. The number of nitrogens with one attached hydrogen (secondary N) is 1. The van der Waals surface area contributed by atoms with E-state index in [9.17, 15) is 8.42 Å². The smallest absolute Gasteiger partial charge is 0.262 e. The van der Waals surface area contributed by atoms with E-state index in [0.717, 1.165) is 12.8 Å². The van der Waals surface area contributed by atoms with E-state index in [2.05, 4.69) is 10.2 Å². The highest BCUT2D eigenvalue weighted by molar-refractivity contribution is 7.89. The molecule has 0 atom stereocenters. The molecule has 1 fully saturated rings. The normalized spacial score (nSPS) is 16.8.